The molecule has 0 saturated heterocycles. The first kappa shape index (κ1) is 18.8. The zero-order valence-corrected chi connectivity index (χ0v) is 16.2. The van der Waals surface area contributed by atoms with Crippen molar-refractivity contribution in [2.75, 3.05) is 22.4 Å². The number of anilines is 2. The minimum Gasteiger partial charge on any atom is -0.323 e. The Morgan fingerprint density at radius 1 is 1.25 bits per heavy atom. The molecule has 8 heteroatoms. The molecule has 2 rings (SSSR count). The Morgan fingerprint density at radius 2 is 1.92 bits per heavy atom. The number of halogens is 2. The fraction of sp³-hybridized carbons (Fsp3) is 0.188. The number of hydrogen-bond donors (Lipinski definition) is 1. The molecule has 24 heavy (non-hydrogen) atoms. The number of hydrogen-bond acceptors (Lipinski definition) is 3. The Morgan fingerprint density at radius 3 is 2.50 bits per heavy atom. The molecule has 0 saturated carbocycles. The molecular formula is C16H16BrClN2O3S. The molecule has 2 aromatic carbocycles. The molecule has 0 fully saturated rings. The molecule has 0 unspecified atom stereocenters. The molecule has 1 amide bonds. The molecule has 1 N–H and O–H groups in total. The first-order valence-electron chi connectivity index (χ1n) is 6.97. The summed E-state index contributed by atoms with van der Waals surface area (Å²) in [5.41, 5.74) is 1.73. The lowest BCUT2D eigenvalue weighted by molar-refractivity contribution is -0.114. The quantitative estimate of drug-likeness (QED) is 0.783. The molecule has 0 atom stereocenters. The number of nitrogens with one attached hydrogen (secondary N) is 1. The maximum atomic E-state index is 12.3. The van der Waals surface area contributed by atoms with E-state index in [2.05, 4.69) is 21.2 Å². The standard InChI is InChI=1S/C16H16BrClN2O3S/c1-11-9-12(7-8-13(11)17)20(24(2,22)23)10-16(21)19-15-6-4-3-5-14(15)18/h3-9H,10H2,1-2H3,(H,19,21). The van der Waals surface area contributed by atoms with E-state index in [-0.39, 0.29) is 6.54 Å². The first-order valence-corrected chi connectivity index (χ1v) is 9.98. The van der Waals surface area contributed by atoms with Crippen LogP contribution in [0.25, 0.3) is 0 Å². The van der Waals surface area contributed by atoms with Crippen LogP contribution < -0.4 is 9.62 Å². The lowest BCUT2D eigenvalue weighted by Crippen LogP contribution is -2.37. The second-order valence-corrected chi connectivity index (χ2v) is 8.40. The number of sulfonamides is 1. The minimum absolute atomic E-state index is 0.342. The molecule has 0 aliphatic rings. The van der Waals surface area contributed by atoms with Crippen molar-refractivity contribution < 1.29 is 13.2 Å². The highest BCUT2D eigenvalue weighted by atomic mass is 79.9. The summed E-state index contributed by atoms with van der Waals surface area (Å²) in [6.45, 7) is 1.50. The summed E-state index contributed by atoms with van der Waals surface area (Å²) in [5, 5.41) is 3.01. The van der Waals surface area contributed by atoms with E-state index < -0.39 is 15.9 Å². The van der Waals surface area contributed by atoms with Gasteiger partial charge in [-0.3, -0.25) is 9.10 Å². The molecule has 0 aliphatic heterocycles. The summed E-state index contributed by atoms with van der Waals surface area (Å²) in [6, 6.07) is 11.8. The van der Waals surface area contributed by atoms with Crippen LogP contribution in [0.3, 0.4) is 0 Å². The lowest BCUT2D eigenvalue weighted by Gasteiger charge is -2.22. The highest BCUT2D eigenvalue weighted by Crippen LogP contribution is 2.25. The summed E-state index contributed by atoms with van der Waals surface area (Å²) >= 11 is 9.37. The summed E-state index contributed by atoms with van der Waals surface area (Å²) in [6.07, 6.45) is 1.06. The molecule has 0 spiro atoms. The highest BCUT2D eigenvalue weighted by Gasteiger charge is 2.21. The van der Waals surface area contributed by atoms with Crippen LogP contribution in [-0.2, 0) is 14.8 Å². The molecule has 128 valence electrons. The summed E-state index contributed by atoms with van der Waals surface area (Å²) in [5.74, 6) is -0.478. The van der Waals surface area contributed by atoms with Crippen molar-refractivity contribution in [2.45, 2.75) is 6.92 Å². The number of carbonyl (C=O) groups is 1. The van der Waals surface area contributed by atoms with Gasteiger partial charge in [-0.25, -0.2) is 8.42 Å². The molecule has 0 aromatic heterocycles. The van der Waals surface area contributed by atoms with Crippen molar-refractivity contribution in [2.24, 2.45) is 0 Å². The number of para-hydroxylation sites is 1. The average Bonchev–Trinajstić information content (AvgIpc) is 2.49. The molecule has 0 heterocycles. The summed E-state index contributed by atoms with van der Waals surface area (Å²) < 4.78 is 26.1. The molecular weight excluding hydrogens is 416 g/mol. The van der Waals surface area contributed by atoms with Gasteiger partial charge >= 0.3 is 0 Å². The Kier molecular flexibility index (Phi) is 5.90. The number of nitrogens with zero attached hydrogens (tertiary/aromatic N) is 1. The smallest absolute Gasteiger partial charge is 0.245 e. The fourth-order valence-electron chi connectivity index (χ4n) is 2.07. The third-order valence-corrected chi connectivity index (χ3v) is 5.62. The van der Waals surface area contributed by atoms with E-state index in [1.807, 2.05) is 6.92 Å². The zero-order chi connectivity index (χ0) is 17.9. The van der Waals surface area contributed by atoms with E-state index in [1.54, 1.807) is 42.5 Å². The van der Waals surface area contributed by atoms with Crippen molar-refractivity contribution in [1.29, 1.82) is 0 Å². The van der Waals surface area contributed by atoms with Crippen molar-refractivity contribution in [3.8, 4) is 0 Å². The van der Waals surface area contributed by atoms with E-state index in [9.17, 15) is 13.2 Å². The topological polar surface area (TPSA) is 66.5 Å². The second-order valence-electron chi connectivity index (χ2n) is 5.23. The van der Waals surface area contributed by atoms with Crippen molar-refractivity contribution in [3.63, 3.8) is 0 Å². The van der Waals surface area contributed by atoms with E-state index in [1.165, 1.54) is 0 Å². The third-order valence-electron chi connectivity index (χ3n) is 3.27. The van der Waals surface area contributed by atoms with Crippen LogP contribution in [0.15, 0.2) is 46.9 Å². The Balaban J connectivity index is 2.25. The lowest BCUT2D eigenvalue weighted by atomic mass is 10.2. The minimum atomic E-state index is -3.62. The van der Waals surface area contributed by atoms with E-state index in [0.29, 0.717) is 16.4 Å². The van der Waals surface area contributed by atoms with Crippen LogP contribution in [0, 0.1) is 6.92 Å². The Labute approximate surface area is 154 Å². The van der Waals surface area contributed by atoms with Gasteiger partial charge < -0.3 is 5.32 Å². The van der Waals surface area contributed by atoms with Crippen LogP contribution in [0.5, 0.6) is 0 Å². The molecule has 5 nitrogen and oxygen atoms in total. The maximum absolute atomic E-state index is 12.3. The fourth-order valence-corrected chi connectivity index (χ4v) is 3.34. The van der Waals surface area contributed by atoms with Gasteiger partial charge in [-0.05, 0) is 42.8 Å². The predicted molar refractivity (Wildman–Crippen MR) is 101 cm³/mol. The largest absolute Gasteiger partial charge is 0.323 e. The zero-order valence-electron chi connectivity index (χ0n) is 13.1. The van der Waals surface area contributed by atoms with Gasteiger partial charge in [0.05, 0.1) is 22.7 Å². The van der Waals surface area contributed by atoms with Crippen LogP contribution >= 0.6 is 27.5 Å². The average molecular weight is 432 g/mol. The highest BCUT2D eigenvalue weighted by molar-refractivity contribution is 9.10. The number of carbonyl (C=O) groups excluding carboxylic acids is 1. The number of benzene rings is 2. The molecule has 2 aromatic rings. The normalized spacial score (nSPS) is 11.2. The van der Waals surface area contributed by atoms with Gasteiger partial charge in [-0.15, -0.1) is 0 Å². The van der Waals surface area contributed by atoms with Gasteiger partial charge in [-0.1, -0.05) is 39.7 Å². The van der Waals surface area contributed by atoms with Gasteiger partial charge in [0, 0.05) is 4.47 Å². The summed E-state index contributed by atoms with van der Waals surface area (Å²) in [7, 11) is -3.62. The third kappa shape index (κ3) is 4.72. The van der Waals surface area contributed by atoms with E-state index in [0.717, 1.165) is 20.6 Å². The number of amides is 1. The maximum Gasteiger partial charge on any atom is 0.245 e. The second kappa shape index (κ2) is 7.55. The summed E-state index contributed by atoms with van der Waals surface area (Å²) in [4.78, 5) is 12.3. The molecule has 0 radical (unpaired) electrons. The SMILES string of the molecule is Cc1cc(N(CC(=O)Nc2ccccc2Cl)S(C)(=O)=O)ccc1Br. The van der Waals surface area contributed by atoms with Crippen LogP contribution in [0.4, 0.5) is 11.4 Å². The van der Waals surface area contributed by atoms with Crippen molar-refractivity contribution in [3.05, 3.63) is 57.5 Å². The van der Waals surface area contributed by atoms with E-state index in [4.69, 9.17) is 11.6 Å². The van der Waals surface area contributed by atoms with Crippen molar-refractivity contribution >= 4 is 54.8 Å². The number of aryl methyl sites for hydroxylation is 1. The predicted octanol–water partition coefficient (Wildman–Crippen LogP) is 3.82. The Hall–Kier alpha value is -1.57. The van der Waals surface area contributed by atoms with Gasteiger partial charge in [0.2, 0.25) is 15.9 Å². The van der Waals surface area contributed by atoms with Crippen LogP contribution in [0.1, 0.15) is 5.56 Å². The van der Waals surface area contributed by atoms with Gasteiger partial charge in [0.25, 0.3) is 0 Å². The van der Waals surface area contributed by atoms with Crippen LogP contribution in [0.2, 0.25) is 5.02 Å². The van der Waals surface area contributed by atoms with Gasteiger partial charge in [-0.2, -0.15) is 0 Å². The van der Waals surface area contributed by atoms with Gasteiger partial charge in [0.15, 0.2) is 0 Å². The van der Waals surface area contributed by atoms with E-state index >= 15 is 0 Å². The van der Waals surface area contributed by atoms with Crippen molar-refractivity contribution in [1.82, 2.24) is 0 Å². The molecule has 0 aliphatic carbocycles. The first-order chi connectivity index (χ1) is 11.2. The number of rotatable bonds is 5. The Bertz CT molecular complexity index is 871. The monoisotopic (exact) mass is 430 g/mol. The molecule has 0 bridgehead atoms. The van der Waals surface area contributed by atoms with Crippen LogP contribution in [-0.4, -0.2) is 27.1 Å². The van der Waals surface area contributed by atoms with Gasteiger partial charge in [0.1, 0.15) is 6.54 Å².